The number of carbonyl (C=O) groups is 1. The van der Waals surface area contributed by atoms with Crippen LogP contribution < -0.4 is 0 Å². The first-order chi connectivity index (χ1) is 9.22. The average Bonchev–Trinajstić information content (AvgIpc) is 2.84. The lowest BCUT2D eigenvalue weighted by molar-refractivity contribution is 0.0518. The Morgan fingerprint density at radius 1 is 1.26 bits per heavy atom. The van der Waals surface area contributed by atoms with Gasteiger partial charge in [0.2, 0.25) is 0 Å². The molecule has 0 fully saturated rings. The zero-order valence-electron chi connectivity index (χ0n) is 11.9. The van der Waals surface area contributed by atoms with Crippen molar-refractivity contribution in [2.75, 3.05) is 6.61 Å². The Morgan fingerprint density at radius 3 is 2.47 bits per heavy atom. The molecule has 0 amide bonds. The Labute approximate surface area is 114 Å². The van der Waals surface area contributed by atoms with Crippen LogP contribution in [0.2, 0.25) is 0 Å². The van der Waals surface area contributed by atoms with Crippen LogP contribution in [0.3, 0.4) is 0 Å². The zero-order chi connectivity index (χ0) is 14.3. The second-order valence-electron chi connectivity index (χ2n) is 3.66. The molecule has 102 valence electrons. The second-order valence-corrected chi connectivity index (χ2v) is 3.66. The van der Waals surface area contributed by atoms with Crippen LogP contribution in [-0.4, -0.2) is 22.4 Å². The highest BCUT2D eigenvalue weighted by molar-refractivity contribution is 5.88. The molecule has 1 aromatic carbocycles. The molecular weight excluding hydrogens is 240 g/mol. The molecule has 2 aromatic rings. The number of hydrogen-bond acceptors (Lipinski definition) is 3. The fourth-order valence-electron chi connectivity index (χ4n) is 1.57. The predicted octanol–water partition coefficient (Wildman–Crippen LogP) is 3.38. The highest BCUT2D eigenvalue weighted by Gasteiger charge is 2.15. The lowest BCUT2D eigenvalue weighted by Gasteiger charge is -2.00. The Hall–Kier alpha value is -2.10. The van der Waals surface area contributed by atoms with Crippen molar-refractivity contribution in [1.29, 1.82) is 0 Å². The number of aromatic nitrogens is 2. The maximum atomic E-state index is 11.6. The van der Waals surface area contributed by atoms with Gasteiger partial charge in [-0.05, 0) is 26.0 Å². The van der Waals surface area contributed by atoms with Gasteiger partial charge in [0.1, 0.15) is 0 Å². The number of nitrogens with zero attached hydrogens (tertiary/aromatic N) is 2. The molecule has 4 nitrogen and oxygen atoms in total. The monoisotopic (exact) mass is 260 g/mol. The summed E-state index contributed by atoms with van der Waals surface area (Å²) in [6, 6.07) is 9.65. The SMILES string of the molecule is CC.CCOC(=O)c1nn(-c2ccccc2)cc1C. The van der Waals surface area contributed by atoms with Crippen LogP contribution >= 0.6 is 0 Å². The van der Waals surface area contributed by atoms with E-state index in [-0.39, 0.29) is 5.97 Å². The predicted molar refractivity (Wildman–Crippen MR) is 75.6 cm³/mol. The Kier molecular flexibility index (Phi) is 5.79. The van der Waals surface area contributed by atoms with Crippen molar-refractivity contribution in [1.82, 2.24) is 9.78 Å². The van der Waals surface area contributed by atoms with E-state index in [4.69, 9.17) is 4.74 Å². The molecule has 1 heterocycles. The van der Waals surface area contributed by atoms with Gasteiger partial charge < -0.3 is 4.74 Å². The third kappa shape index (κ3) is 3.68. The van der Waals surface area contributed by atoms with Gasteiger partial charge in [-0.15, -0.1) is 0 Å². The number of aryl methyl sites for hydroxylation is 1. The largest absolute Gasteiger partial charge is 0.461 e. The molecule has 1 aromatic heterocycles. The second kappa shape index (κ2) is 7.36. The summed E-state index contributed by atoms with van der Waals surface area (Å²) in [6.07, 6.45) is 1.82. The number of rotatable bonds is 3. The fourth-order valence-corrected chi connectivity index (χ4v) is 1.57. The van der Waals surface area contributed by atoms with Crippen molar-refractivity contribution >= 4 is 5.97 Å². The highest BCUT2D eigenvalue weighted by atomic mass is 16.5. The minimum absolute atomic E-state index is 0.358. The van der Waals surface area contributed by atoms with Gasteiger partial charge in [-0.2, -0.15) is 5.10 Å². The molecule has 0 aliphatic rings. The first-order valence-electron chi connectivity index (χ1n) is 6.51. The van der Waals surface area contributed by atoms with E-state index in [9.17, 15) is 4.79 Å². The summed E-state index contributed by atoms with van der Waals surface area (Å²) in [7, 11) is 0. The van der Waals surface area contributed by atoms with E-state index >= 15 is 0 Å². The number of esters is 1. The lowest BCUT2D eigenvalue weighted by atomic mass is 10.3. The van der Waals surface area contributed by atoms with Gasteiger partial charge >= 0.3 is 5.97 Å². The lowest BCUT2D eigenvalue weighted by Crippen LogP contribution is -2.07. The number of hydrogen-bond donors (Lipinski definition) is 0. The van der Waals surface area contributed by atoms with Gasteiger partial charge in [-0.25, -0.2) is 9.48 Å². The van der Waals surface area contributed by atoms with Crippen LogP contribution in [0, 0.1) is 6.92 Å². The summed E-state index contributed by atoms with van der Waals surface area (Å²) in [4.78, 5) is 11.6. The molecule has 4 heteroatoms. The maximum absolute atomic E-state index is 11.6. The molecule has 0 aliphatic carbocycles. The van der Waals surface area contributed by atoms with E-state index in [1.807, 2.05) is 57.3 Å². The van der Waals surface area contributed by atoms with Crippen molar-refractivity contribution in [3.05, 3.63) is 47.8 Å². The molecule has 0 N–H and O–H groups in total. The number of ether oxygens (including phenoxy) is 1. The third-order valence-corrected chi connectivity index (χ3v) is 2.39. The van der Waals surface area contributed by atoms with Gasteiger partial charge in [0, 0.05) is 11.8 Å². The number of carbonyl (C=O) groups excluding carboxylic acids is 1. The van der Waals surface area contributed by atoms with E-state index in [1.165, 1.54) is 0 Å². The molecule has 0 saturated carbocycles. The van der Waals surface area contributed by atoms with Crippen LogP contribution in [-0.2, 0) is 4.74 Å². The smallest absolute Gasteiger partial charge is 0.359 e. The quantitative estimate of drug-likeness (QED) is 0.795. The first-order valence-corrected chi connectivity index (χ1v) is 6.51. The highest BCUT2D eigenvalue weighted by Crippen LogP contribution is 2.12. The van der Waals surface area contributed by atoms with Crippen molar-refractivity contribution < 1.29 is 9.53 Å². The average molecular weight is 260 g/mol. The van der Waals surface area contributed by atoms with Gasteiger partial charge in [-0.3, -0.25) is 0 Å². The minimum Gasteiger partial charge on any atom is -0.461 e. The van der Waals surface area contributed by atoms with Gasteiger partial charge in [0.15, 0.2) is 5.69 Å². The molecule has 0 bridgehead atoms. The maximum Gasteiger partial charge on any atom is 0.359 e. The van der Waals surface area contributed by atoms with Crippen LogP contribution in [0.4, 0.5) is 0 Å². The van der Waals surface area contributed by atoms with Gasteiger partial charge in [0.05, 0.1) is 12.3 Å². The molecule has 0 spiro atoms. The third-order valence-electron chi connectivity index (χ3n) is 2.39. The van der Waals surface area contributed by atoms with E-state index in [0.29, 0.717) is 12.3 Å². The topological polar surface area (TPSA) is 44.1 Å². The molecular formula is C15H20N2O2. The zero-order valence-corrected chi connectivity index (χ0v) is 11.9. The summed E-state index contributed by atoms with van der Waals surface area (Å²) in [5, 5.41) is 4.24. The normalized spacial score (nSPS) is 9.47. The fraction of sp³-hybridized carbons (Fsp3) is 0.333. The van der Waals surface area contributed by atoms with Crippen molar-refractivity contribution in [2.24, 2.45) is 0 Å². The number of benzene rings is 1. The number of para-hydroxylation sites is 1. The van der Waals surface area contributed by atoms with Crippen molar-refractivity contribution in [3.8, 4) is 5.69 Å². The van der Waals surface area contributed by atoms with E-state index in [1.54, 1.807) is 11.6 Å². The summed E-state index contributed by atoms with van der Waals surface area (Å²) in [6.45, 7) is 7.98. The Balaban J connectivity index is 0.000000861. The van der Waals surface area contributed by atoms with E-state index < -0.39 is 0 Å². The summed E-state index contributed by atoms with van der Waals surface area (Å²) < 4.78 is 6.63. The first kappa shape index (κ1) is 15.0. The molecule has 0 aliphatic heterocycles. The van der Waals surface area contributed by atoms with E-state index in [2.05, 4.69) is 5.10 Å². The molecule has 0 unspecified atom stereocenters. The Morgan fingerprint density at radius 2 is 1.89 bits per heavy atom. The molecule has 0 saturated heterocycles. The standard InChI is InChI=1S/C13H14N2O2.C2H6/c1-3-17-13(16)12-10(2)9-15(14-12)11-7-5-4-6-8-11;1-2/h4-9H,3H2,1-2H3;1-2H3. The van der Waals surface area contributed by atoms with Crippen LogP contribution in [0.15, 0.2) is 36.5 Å². The molecule has 0 atom stereocenters. The van der Waals surface area contributed by atoms with Crippen LogP contribution in [0.1, 0.15) is 36.8 Å². The summed E-state index contributed by atoms with van der Waals surface area (Å²) >= 11 is 0. The molecule has 19 heavy (non-hydrogen) atoms. The van der Waals surface area contributed by atoms with Crippen LogP contribution in [0.5, 0.6) is 0 Å². The van der Waals surface area contributed by atoms with Crippen LogP contribution in [0.25, 0.3) is 5.69 Å². The van der Waals surface area contributed by atoms with Crippen molar-refractivity contribution in [2.45, 2.75) is 27.7 Å². The van der Waals surface area contributed by atoms with Gasteiger partial charge in [0.25, 0.3) is 0 Å². The van der Waals surface area contributed by atoms with E-state index in [0.717, 1.165) is 11.3 Å². The summed E-state index contributed by atoms with van der Waals surface area (Å²) in [5.41, 5.74) is 2.11. The minimum atomic E-state index is -0.375. The summed E-state index contributed by atoms with van der Waals surface area (Å²) in [5.74, 6) is -0.375. The molecule has 2 rings (SSSR count). The Bertz CT molecular complexity index is 518. The van der Waals surface area contributed by atoms with Gasteiger partial charge in [-0.1, -0.05) is 32.0 Å². The van der Waals surface area contributed by atoms with Crippen molar-refractivity contribution in [3.63, 3.8) is 0 Å². The molecule has 0 radical (unpaired) electrons.